The van der Waals surface area contributed by atoms with Crippen LogP contribution in [0.25, 0.3) is 0 Å². The molecule has 3 N–H and O–H groups in total. The molecular weight excluding hydrogens is 204 g/mol. The van der Waals surface area contributed by atoms with E-state index in [-0.39, 0.29) is 11.9 Å². The van der Waals surface area contributed by atoms with Crippen LogP contribution in [-0.4, -0.2) is 22.0 Å². The van der Waals surface area contributed by atoms with Gasteiger partial charge in [-0.25, -0.2) is 4.98 Å². The molecule has 1 rings (SSSR count). The van der Waals surface area contributed by atoms with Gasteiger partial charge in [0, 0.05) is 25.9 Å². The van der Waals surface area contributed by atoms with Gasteiger partial charge in [-0.05, 0) is 26.3 Å². The lowest BCUT2D eigenvalue weighted by Gasteiger charge is -2.13. The number of nitrogens with zero attached hydrogens (tertiary/aromatic N) is 2. The Morgan fingerprint density at radius 2 is 2.38 bits per heavy atom. The Kier molecular flexibility index (Phi) is 4.98. The molecule has 90 valence electrons. The number of carbonyl (C=O) groups is 1. The highest BCUT2D eigenvalue weighted by atomic mass is 16.1. The molecule has 0 fully saturated rings. The lowest BCUT2D eigenvalue weighted by molar-refractivity contribution is -0.118. The molecule has 0 saturated carbocycles. The van der Waals surface area contributed by atoms with Crippen molar-refractivity contribution < 1.29 is 4.79 Å². The van der Waals surface area contributed by atoms with E-state index in [0.29, 0.717) is 6.42 Å². The van der Waals surface area contributed by atoms with Gasteiger partial charge in [-0.2, -0.15) is 0 Å². The van der Waals surface area contributed by atoms with Gasteiger partial charge in [-0.1, -0.05) is 0 Å². The molecule has 0 aromatic carbocycles. The van der Waals surface area contributed by atoms with Gasteiger partial charge in [0.05, 0.1) is 6.04 Å². The fourth-order valence-electron chi connectivity index (χ4n) is 1.63. The van der Waals surface area contributed by atoms with E-state index < -0.39 is 0 Å². The number of carbonyl (C=O) groups excluding carboxylic acids is 1. The number of amides is 1. The first kappa shape index (κ1) is 12.7. The summed E-state index contributed by atoms with van der Waals surface area (Å²) >= 11 is 0. The van der Waals surface area contributed by atoms with E-state index in [9.17, 15) is 4.79 Å². The van der Waals surface area contributed by atoms with E-state index in [0.717, 1.165) is 25.2 Å². The van der Waals surface area contributed by atoms with Crippen LogP contribution in [0.1, 0.15) is 38.1 Å². The molecule has 0 aliphatic heterocycles. The summed E-state index contributed by atoms with van der Waals surface area (Å²) in [4.78, 5) is 14.8. The van der Waals surface area contributed by atoms with Crippen molar-refractivity contribution in [3.8, 4) is 0 Å². The van der Waals surface area contributed by atoms with Crippen LogP contribution in [0.2, 0.25) is 0 Å². The van der Waals surface area contributed by atoms with Gasteiger partial charge in [0.1, 0.15) is 5.82 Å². The van der Waals surface area contributed by atoms with E-state index in [1.165, 1.54) is 0 Å². The fraction of sp³-hybridized carbons (Fsp3) is 0.636. The summed E-state index contributed by atoms with van der Waals surface area (Å²) in [6, 6.07) is 0.230. The number of primary amides is 1. The maximum Gasteiger partial charge on any atom is 0.217 e. The van der Waals surface area contributed by atoms with Crippen molar-refractivity contribution in [2.24, 2.45) is 12.8 Å². The molecule has 5 heteroatoms. The zero-order chi connectivity index (χ0) is 12.0. The lowest BCUT2D eigenvalue weighted by Crippen LogP contribution is -2.22. The van der Waals surface area contributed by atoms with Crippen molar-refractivity contribution in [2.45, 2.75) is 32.2 Å². The van der Waals surface area contributed by atoms with Gasteiger partial charge in [-0.15, -0.1) is 0 Å². The average Bonchev–Trinajstić information content (AvgIpc) is 2.63. The summed E-state index contributed by atoms with van der Waals surface area (Å²) in [5, 5.41) is 3.36. The highest BCUT2D eigenvalue weighted by Gasteiger charge is 2.08. The molecule has 1 heterocycles. The minimum absolute atomic E-state index is 0.225. The van der Waals surface area contributed by atoms with Gasteiger partial charge < -0.3 is 15.6 Å². The first-order valence-corrected chi connectivity index (χ1v) is 5.60. The minimum atomic E-state index is -0.225. The van der Waals surface area contributed by atoms with Crippen molar-refractivity contribution in [2.75, 3.05) is 6.54 Å². The van der Waals surface area contributed by atoms with E-state index in [2.05, 4.69) is 17.2 Å². The standard InChI is InChI=1S/C11H20N4O/c1-9(11-14-7-8-15(11)2)13-6-4-3-5-10(12)16/h7-9,13H,3-6H2,1-2H3,(H2,12,16). The highest BCUT2D eigenvalue weighted by molar-refractivity contribution is 5.73. The molecule has 1 atom stereocenters. The molecule has 1 aromatic rings. The Morgan fingerprint density at radius 1 is 1.62 bits per heavy atom. The molecule has 0 saturated heterocycles. The van der Waals surface area contributed by atoms with Gasteiger partial charge in [0.2, 0.25) is 5.91 Å². The van der Waals surface area contributed by atoms with Gasteiger partial charge >= 0.3 is 0 Å². The molecule has 1 unspecified atom stereocenters. The van der Waals surface area contributed by atoms with Crippen LogP contribution in [0.3, 0.4) is 0 Å². The highest BCUT2D eigenvalue weighted by Crippen LogP contribution is 2.08. The normalized spacial score (nSPS) is 12.6. The predicted molar refractivity (Wildman–Crippen MR) is 62.7 cm³/mol. The Balaban J connectivity index is 2.18. The first-order valence-electron chi connectivity index (χ1n) is 5.60. The van der Waals surface area contributed by atoms with Crippen LogP contribution >= 0.6 is 0 Å². The average molecular weight is 224 g/mol. The third-order valence-corrected chi connectivity index (χ3v) is 2.55. The van der Waals surface area contributed by atoms with Crippen molar-refractivity contribution in [1.29, 1.82) is 0 Å². The van der Waals surface area contributed by atoms with Crippen LogP contribution in [0.4, 0.5) is 0 Å². The number of rotatable bonds is 7. The van der Waals surface area contributed by atoms with E-state index in [1.807, 2.05) is 17.8 Å². The second-order valence-electron chi connectivity index (χ2n) is 4.00. The Labute approximate surface area is 96.0 Å². The number of aryl methyl sites for hydroxylation is 1. The van der Waals surface area contributed by atoms with Gasteiger partial charge in [-0.3, -0.25) is 4.79 Å². The molecule has 0 spiro atoms. The third-order valence-electron chi connectivity index (χ3n) is 2.55. The number of nitrogens with one attached hydrogen (secondary N) is 1. The molecule has 0 bridgehead atoms. The smallest absolute Gasteiger partial charge is 0.217 e. The summed E-state index contributed by atoms with van der Waals surface area (Å²) in [6.45, 7) is 2.96. The van der Waals surface area contributed by atoms with E-state index in [4.69, 9.17) is 5.73 Å². The maximum atomic E-state index is 10.5. The van der Waals surface area contributed by atoms with E-state index in [1.54, 1.807) is 6.20 Å². The van der Waals surface area contributed by atoms with Crippen molar-refractivity contribution in [3.05, 3.63) is 18.2 Å². The van der Waals surface area contributed by atoms with Crippen LogP contribution < -0.4 is 11.1 Å². The molecule has 0 radical (unpaired) electrons. The number of imidazole rings is 1. The molecule has 16 heavy (non-hydrogen) atoms. The zero-order valence-corrected chi connectivity index (χ0v) is 9.94. The molecular formula is C11H20N4O. The summed E-state index contributed by atoms with van der Waals surface area (Å²) in [7, 11) is 1.98. The first-order chi connectivity index (χ1) is 7.61. The fourth-order valence-corrected chi connectivity index (χ4v) is 1.63. The number of hydrogen-bond donors (Lipinski definition) is 2. The summed E-state index contributed by atoms with van der Waals surface area (Å²) < 4.78 is 2.00. The largest absolute Gasteiger partial charge is 0.370 e. The molecule has 1 amide bonds. The van der Waals surface area contributed by atoms with Crippen molar-refractivity contribution in [3.63, 3.8) is 0 Å². The minimum Gasteiger partial charge on any atom is -0.370 e. The summed E-state index contributed by atoms with van der Waals surface area (Å²) in [5.41, 5.74) is 5.06. The van der Waals surface area contributed by atoms with Crippen LogP contribution in [0.5, 0.6) is 0 Å². The van der Waals surface area contributed by atoms with Crippen molar-refractivity contribution >= 4 is 5.91 Å². The number of unbranched alkanes of at least 4 members (excludes halogenated alkanes) is 1. The summed E-state index contributed by atoms with van der Waals surface area (Å²) in [5.74, 6) is 0.798. The monoisotopic (exact) mass is 224 g/mol. The lowest BCUT2D eigenvalue weighted by atomic mass is 10.2. The predicted octanol–water partition coefficient (Wildman–Crippen LogP) is 0.726. The Bertz CT molecular complexity index is 334. The van der Waals surface area contributed by atoms with Crippen LogP contribution in [-0.2, 0) is 11.8 Å². The second-order valence-corrected chi connectivity index (χ2v) is 4.00. The Morgan fingerprint density at radius 3 is 2.94 bits per heavy atom. The zero-order valence-electron chi connectivity index (χ0n) is 9.94. The quantitative estimate of drug-likeness (QED) is 0.670. The maximum absolute atomic E-state index is 10.5. The summed E-state index contributed by atoms with van der Waals surface area (Å²) in [6.07, 6.45) is 5.99. The number of hydrogen-bond acceptors (Lipinski definition) is 3. The molecule has 5 nitrogen and oxygen atoms in total. The number of aromatic nitrogens is 2. The molecule has 1 aromatic heterocycles. The second kappa shape index (κ2) is 6.27. The third kappa shape index (κ3) is 4.02. The SMILES string of the molecule is CC(NCCCCC(N)=O)c1nccn1C. The van der Waals surface area contributed by atoms with Crippen molar-refractivity contribution in [1.82, 2.24) is 14.9 Å². The number of nitrogens with two attached hydrogens (primary N) is 1. The van der Waals surface area contributed by atoms with Gasteiger partial charge in [0.25, 0.3) is 0 Å². The molecule has 0 aliphatic carbocycles. The Hall–Kier alpha value is -1.36. The van der Waals surface area contributed by atoms with Crippen LogP contribution in [0.15, 0.2) is 12.4 Å². The van der Waals surface area contributed by atoms with E-state index >= 15 is 0 Å². The topological polar surface area (TPSA) is 72.9 Å². The van der Waals surface area contributed by atoms with Crippen LogP contribution in [0, 0.1) is 0 Å². The van der Waals surface area contributed by atoms with Gasteiger partial charge in [0.15, 0.2) is 0 Å². The molecule has 0 aliphatic rings.